The van der Waals surface area contributed by atoms with Gasteiger partial charge in [-0.2, -0.15) is 0 Å². The summed E-state index contributed by atoms with van der Waals surface area (Å²) >= 11 is 5.99. The van der Waals surface area contributed by atoms with Crippen molar-refractivity contribution in [2.75, 3.05) is 13.2 Å². The third kappa shape index (κ3) is 2.42. The van der Waals surface area contributed by atoms with Gasteiger partial charge in [0.25, 0.3) is 0 Å². The largest absolute Gasteiger partial charge is 0.381 e. The minimum atomic E-state index is -0.287. The topological polar surface area (TPSA) is 27.1 Å². The number of aromatic nitrogens is 2. The van der Waals surface area contributed by atoms with Crippen LogP contribution in [0.1, 0.15) is 25.6 Å². The summed E-state index contributed by atoms with van der Waals surface area (Å²) in [5.41, 5.74) is 1.39. The molecule has 1 aromatic carbocycles. The first kappa shape index (κ1) is 13.8. The molecule has 1 saturated heterocycles. The summed E-state index contributed by atoms with van der Waals surface area (Å²) in [5, 5.41) is 0. The number of hydrogen-bond acceptors (Lipinski definition) is 2. The monoisotopic (exact) mass is 296 g/mol. The summed E-state index contributed by atoms with van der Waals surface area (Å²) < 4.78 is 21.4. The van der Waals surface area contributed by atoms with Crippen molar-refractivity contribution in [2.45, 2.75) is 32.2 Å². The van der Waals surface area contributed by atoms with Crippen molar-refractivity contribution < 1.29 is 9.13 Å². The molecule has 0 atom stereocenters. The molecule has 1 aliphatic rings. The van der Waals surface area contributed by atoms with Gasteiger partial charge >= 0.3 is 0 Å². The van der Waals surface area contributed by atoms with Crippen LogP contribution in [-0.2, 0) is 17.2 Å². The van der Waals surface area contributed by atoms with Gasteiger partial charge in [0, 0.05) is 19.8 Å². The maximum Gasteiger partial charge on any atom is 0.151 e. The lowest BCUT2D eigenvalue weighted by atomic mass is 9.82. The maximum absolute atomic E-state index is 13.9. The fraction of sp³-hybridized carbons (Fsp3) is 0.533. The summed E-state index contributed by atoms with van der Waals surface area (Å²) in [7, 11) is 0. The van der Waals surface area contributed by atoms with Crippen LogP contribution in [0.5, 0.6) is 0 Å². The van der Waals surface area contributed by atoms with Gasteiger partial charge in [0.1, 0.15) is 11.3 Å². The molecule has 0 saturated carbocycles. The summed E-state index contributed by atoms with van der Waals surface area (Å²) in [4.78, 5) is 4.35. The first-order chi connectivity index (χ1) is 9.63. The molecule has 1 fully saturated rings. The highest BCUT2D eigenvalue weighted by atomic mass is 35.5. The Morgan fingerprint density at radius 2 is 2.15 bits per heavy atom. The summed E-state index contributed by atoms with van der Waals surface area (Å²) in [6, 6.07) is 5.07. The van der Waals surface area contributed by atoms with Gasteiger partial charge in [-0.25, -0.2) is 9.37 Å². The van der Waals surface area contributed by atoms with E-state index in [-0.39, 0.29) is 11.2 Å². The SMILES string of the molecule is CC1(Cn2c(CCl)nc3c(F)cccc32)CCOCC1. The molecule has 0 amide bonds. The molecule has 0 radical (unpaired) electrons. The van der Waals surface area contributed by atoms with Crippen molar-refractivity contribution in [3.05, 3.63) is 29.8 Å². The van der Waals surface area contributed by atoms with Gasteiger partial charge in [-0.3, -0.25) is 0 Å². The minimum absolute atomic E-state index is 0.152. The first-order valence-corrected chi connectivity index (χ1v) is 7.44. The number of hydrogen-bond donors (Lipinski definition) is 0. The quantitative estimate of drug-likeness (QED) is 0.807. The van der Waals surface area contributed by atoms with Crippen molar-refractivity contribution in [3.8, 4) is 0 Å². The number of imidazole rings is 1. The summed E-state index contributed by atoms with van der Waals surface area (Å²) in [5.74, 6) is 0.741. The van der Waals surface area contributed by atoms with Crippen LogP contribution in [0.15, 0.2) is 18.2 Å². The van der Waals surface area contributed by atoms with E-state index in [0.29, 0.717) is 11.4 Å². The van der Waals surface area contributed by atoms with Gasteiger partial charge in [0.05, 0.1) is 11.4 Å². The van der Waals surface area contributed by atoms with Gasteiger partial charge in [-0.1, -0.05) is 13.0 Å². The average Bonchev–Trinajstić information content (AvgIpc) is 2.79. The Kier molecular flexibility index (Phi) is 3.69. The molecular formula is C15H18ClFN2O. The third-order valence-corrected chi connectivity index (χ3v) is 4.41. The van der Waals surface area contributed by atoms with Gasteiger partial charge in [0.2, 0.25) is 0 Å². The molecule has 2 heterocycles. The number of alkyl halides is 1. The zero-order chi connectivity index (χ0) is 14.2. The Labute approximate surface area is 122 Å². The van der Waals surface area contributed by atoms with Crippen molar-refractivity contribution >= 4 is 22.6 Å². The lowest BCUT2D eigenvalue weighted by Gasteiger charge is -2.34. The number of fused-ring (bicyclic) bond motifs is 1. The first-order valence-electron chi connectivity index (χ1n) is 6.90. The predicted molar refractivity (Wildman–Crippen MR) is 77.4 cm³/mol. The van der Waals surface area contributed by atoms with Crippen LogP contribution < -0.4 is 0 Å². The molecule has 0 N–H and O–H groups in total. The molecule has 1 aromatic heterocycles. The van der Waals surface area contributed by atoms with Crippen LogP contribution in [0.25, 0.3) is 11.0 Å². The number of nitrogens with zero attached hydrogens (tertiary/aromatic N) is 2. The molecule has 3 nitrogen and oxygen atoms in total. The molecule has 1 aliphatic heterocycles. The van der Waals surface area contributed by atoms with Crippen LogP contribution in [0, 0.1) is 11.2 Å². The summed E-state index contributed by atoms with van der Waals surface area (Å²) in [6.07, 6.45) is 2.01. The van der Waals surface area contributed by atoms with Crippen LogP contribution in [0.2, 0.25) is 0 Å². The highest BCUT2D eigenvalue weighted by Gasteiger charge is 2.29. The Bertz CT molecular complexity index is 620. The van der Waals surface area contributed by atoms with Gasteiger partial charge in [-0.05, 0) is 30.4 Å². The number of rotatable bonds is 3. The number of ether oxygens (including phenoxy) is 1. The van der Waals surface area contributed by atoms with Crippen molar-refractivity contribution in [3.63, 3.8) is 0 Å². The fourth-order valence-corrected chi connectivity index (χ4v) is 3.05. The number of para-hydroxylation sites is 1. The second kappa shape index (κ2) is 5.34. The smallest absolute Gasteiger partial charge is 0.151 e. The molecule has 108 valence electrons. The Balaban J connectivity index is 2.03. The Hall–Kier alpha value is -1.13. The molecule has 0 unspecified atom stereocenters. The molecule has 0 aliphatic carbocycles. The number of benzene rings is 1. The second-order valence-corrected chi connectivity index (χ2v) is 6.05. The van der Waals surface area contributed by atoms with E-state index in [1.165, 1.54) is 6.07 Å². The number of halogens is 2. The van der Waals surface area contributed by atoms with E-state index in [0.717, 1.165) is 43.9 Å². The highest BCUT2D eigenvalue weighted by Crippen LogP contribution is 2.34. The predicted octanol–water partition coefficient (Wildman–Crippen LogP) is 3.73. The van der Waals surface area contributed by atoms with Crippen molar-refractivity contribution in [2.24, 2.45) is 5.41 Å². The minimum Gasteiger partial charge on any atom is -0.381 e. The molecule has 3 rings (SSSR count). The van der Waals surface area contributed by atoms with Crippen molar-refractivity contribution in [1.29, 1.82) is 0 Å². The van der Waals surface area contributed by atoms with E-state index in [4.69, 9.17) is 16.3 Å². The second-order valence-electron chi connectivity index (χ2n) is 5.78. The standard InChI is InChI=1S/C15H18ClFN2O/c1-15(5-7-20-8-6-15)10-19-12-4-2-3-11(17)14(12)18-13(19)9-16/h2-4H,5-10H2,1H3. The van der Waals surface area contributed by atoms with E-state index in [1.807, 2.05) is 6.07 Å². The Morgan fingerprint density at radius 3 is 2.85 bits per heavy atom. The third-order valence-electron chi connectivity index (χ3n) is 4.17. The Morgan fingerprint density at radius 1 is 1.40 bits per heavy atom. The van der Waals surface area contributed by atoms with E-state index >= 15 is 0 Å². The lowest BCUT2D eigenvalue weighted by Crippen LogP contribution is -2.31. The van der Waals surface area contributed by atoms with E-state index in [9.17, 15) is 4.39 Å². The molecule has 0 bridgehead atoms. The van der Waals surface area contributed by atoms with Gasteiger partial charge < -0.3 is 9.30 Å². The maximum atomic E-state index is 13.9. The zero-order valence-electron chi connectivity index (χ0n) is 11.5. The van der Waals surface area contributed by atoms with Crippen LogP contribution in [0.3, 0.4) is 0 Å². The van der Waals surface area contributed by atoms with Crippen LogP contribution in [0.4, 0.5) is 4.39 Å². The van der Waals surface area contributed by atoms with E-state index in [2.05, 4.69) is 16.5 Å². The van der Waals surface area contributed by atoms with Crippen LogP contribution in [-0.4, -0.2) is 22.8 Å². The normalized spacial score (nSPS) is 18.6. The molecular weight excluding hydrogens is 279 g/mol. The van der Waals surface area contributed by atoms with Gasteiger partial charge in [0.15, 0.2) is 5.82 Å². The van der Waals surface area contributed by atoms with Gasteiger partial charge in [-0.15, -0.1) is 11.6 Å². The van der Waals surface area contributed by atoms with Crippen molar-refractivity contribution in [1.82, 2.24) is 9.55 Å². The highest BCUT2D eigenvalue weighted by molar-refractivity contribution is 6.16. The van der Waals surface area contributed by atoms with E-state index < -0.39 is 0 Å². The molecule has 20 heavy (non-hydrogen) atoms. The zero-order valence-corrected chi connectivity index (χ0v) is 12.3. The molecule has 2 aromatic rings. The van der Waals surface area contributed by atoms with E-state index in [1.54, 1.807) is 6.07 Å². The average molecular weight is 297 g/mol. The molecule has 5 heteroatoms. The lowest BCUT2D eigenvalue weighted by molar-refractivity contribution is 0.0157. The fourth-order valence-electron chi connectivity index (χ4n) is 2.84. The van der Waals surface area contributed by atoms with Crippen LogP contribution >= 0.6 is 11.6 Å². The molecule has 0 spiro atoms. The summed E-state index contributed by atoms with van der Waals surface area (Å²) in [6.45, 7) is 4.62.